The largest absolute Gasteiger partial charge is 0.489 e. The fraction of sp³-hybridized carbons (Fsp3) is 0.0625. The Morgan fingerprint density at radius 3 is 2.76 bits per heavy atom. The zero-order valence-corrected chi connectivity index (χ0v) is 11.2. The maximum atomic E-state index is 11.5. The molecule has 5 nitrogen and oxygen atoms in total. The summed E-state index contributed by atoms with van der Waals surface area (Å²) in [6.45, 7) is 0.234. The molecule has 0 aliphatic carbocycles. The first-order valence-corrected chi connectivity index (χ1v) is 6.47. The van der Waals surface area contributed by atoms with E-state index in [0.717, 1.165) is 16.5 Å². The minimum Gasteiger partial charge on any atom is -0.489 e. The molecule has 1 aromatic heterocycles. The second-order valence-corrected chi connectivity index (χ2v) is 4.55. The average Bonchev–Trinajstić information content (AvgIpc) is 3.00. The number of benzene rings is 2. The van der Waals surface area contributed by atoms with Gasteiger partial charge in [0, 0.05) is 5.56 Å². The predicted octanol–water partition coefficient (Wildman–Crippen LogP) is 2.62. The van der Waals surface area contributed by atoms with E-state index in [4.69, 9.17) is 15.0 Å². The molecule has 0 unspecified atom stereocenters. The SMILES string of the molecule is NNC(=O)c1occc1COc1ccc2ccccc2c1. The van der Waals surface area contributed by atoms with Crippen molar-refractivity contribution >= 4 is 16.7 Å². The maximum Gasteiger partial charge on any atom is 0.301 e. The molecule has 106 valence electrons. The molecule has 5 heteroatoms. The number of nitrogens with one attached hydrogen (secondary N) is 1. The third kappa shape index (κ3) is 2.73. The zero-order valence-electron chi connectivity index (χ0n) is 11.2. The molecular formula is C16H14N2O3. The van der Waals surface area contributed by atoms with Gasteiger partial charge in [0.05, 0.1) is 6.26 Å². The molecule has 3 N–H and O–H groups in total. The van der Waals surface area contributed by atoms with Crippen LogP contribution in [0.3, 0.4) is 0 Å². The molecule has 0 spiro atoms. The number of carbonyl (C=O) groups is 1. The third-order valence-electron chi connectivity index (χ3n) is 3.20. The first kappa shape index (κ1) is 13.2. The number of rotatable bonds is 4. The molecule has 1 heterocycles. The number of ether oxygens (including phenoxy) is 1. The molecule has 0 aliphatic heterocycles. The molecule has 3 rings (SSSR count). The molecule has 0 saturated heterocycles. The minimum atomic E-state index is -0.475. The molecular weight excluding hydrogens is 268 g/mol. The summed E-state index contributed by atoms with van der Waals surface area (Å²) in [5.74, 6) is 5.52. The number of nitrogens with two attached hydrogens (primary N) is 1. The van der Waals surface area contributed by atoms with Crippen LogP contribution in [-0.2, 0) is 6.61 Å². The van der Waals surface area contributed by atoms with Crippen LogP contribution in [0.25, 0.3) is 10.8 Å². The van der Waals surface area contributed by atoms with Gasteiger partial charge in [0.15, 0.2) is 5.76 Å². The van der Waals surface area contributed by atoms with Crippen molar-refractivity contribution in [2.24, 2.45) is 5.84 Å². The molecule has 0 saturated carbocycles. The lowest BCUT2D eigenvalue weighted by atomic mass is 10.1. The summed E-state index contributed by atoms with van der Waals surface area (Å²) in [7, 11) is 0. The highest BCUT2D eigenvalue weighted by Gasteiger charge is 2.14. The van der Waals surface area contributed by atoms with Gasteiger partial charge < -0.3 is 9.15 Å². The highest BCUT2D eigenvalue weighted by atomic mass is 16.5. The first-order chi connectivity index (χ1) is 10.3. The Morgan fingerprint density at radius 1 is 1.14 bits per heavy atom. The average molecular weight is 282 g/mol. The van der Waals surface area contributed by atoms with Crippen LogP contribution in [0.5, 0.6) is 5.75 Å². The third-order valence-corrected chi connectivity index (χ3v) is 3.20. The van der Waals surface area contributed by atoms with E-state index in [1.54, 1.807) is 6.07 Å². The van der Waals surface area contributed by atoms with Gasteiger partial charge in [-0.05, 0) is 29.0 Å². The Bertz CT molecular complexity index is 780. The number of fused-ring (bicyclic) bond motifs is 1. The van der Waals surface area contributed by atoms with Crippen LogP contribution in [0, 0.1) is 0 Å². The number of hydrazine groups is 1. The number of hydrogen-bond acceptors (Lipinski definition) is 4. The number of carbonyl (C=O) groups excluding carboxylic acids is 1. The van der Waals surface area contributed by atoms with E-state index in [9.17, 15) is 4.79 Å². The Morgan fingerprint density at radius 2 is 1.95 bits per heavy atom. The van der Waals surface area contributed by atoms with Crippen LogP contribution < -0.4 is 16.0 Å². The molecule has 0 aliphatic rings. The number of hydrogen-bond donors (Lipinski definition) is 2. The number of nitrogen functional groups attached to an aromatic ring is 1. The normalized spacial score (nSPS) is 10.5. The van der Waals surface area contributed by atoms with Gasteiger partial charge >= 0.3 is 5.91 Å². The Kier molecular flexibility index (Phi) is 3.57. The summed E-state index contributed by atoms with van der Waals surface area (Å²) in [5, 5.41) is 2.25. The van der Waals surface area contributed by atoms with Crippen molar-refractivity contribution in [3.05, 3.63) is 66.1 Å². The number of furan rings is 1. The van der Waals surface area contributed by atoms with Crippen molar-refractivity contribution in [3.8, 4) is 5.75 Å². The molecule has 3 aromatic rings. The molecule has 0 radical (unpaired) electrons. The fourth-order valence-electron chi connectivity index (χ4n) is 2.13. The number of amides is 1. The zero-order chi connectivity index (χ0) is 14.7. The van der Waals surface area contributed by atoms with E-state index < -0.39 is 5.91 Å². The van der Waals surface area contributed by atoms with Crippen molar-refractivity contribution in [1.29, 1.82) is 0 Å². The van der Waals surface area contributed by atoms with Gasteiger partial charge in [0.1, 0.15) is 12.4 Å². The van der Waals surface area contributed by atoms with E-state index in [0.29, 0.717) is 5.56 Å². The summed E-state index contributed by atoms with van der Waals surface area (Å²) < 4.78 is 10.8. The van der Waals surface area contributed by atoms with Crippen LogP contribution in [0.4, 0.5) is 0 Å². The molecule has 0 bridgehead atoms. The van der Waals surface area contributed by atoms with E-state index in [-0.39, 0.29) is 12.4 Å². The van der Waals surface area contributed by atoms with E-state index in [2.05, 4.69) is 0 Å². The van der Waals surface area contributed by atoms with Crippen LogP contribution >= 0.6 is 0 Å². The topological polar surface area (TPSA) is 77.5 Å². The van der Waals surface area contributed by atoms with Gasteiger partial charge in [-0.25, -0.2) is 5.84 Å². The van der Waals surface area contributed by atoms with Crippen molar-refractivity contribution in [3.63, 3.8) is 0 Å². The van der Waals surface area contributed by atoms with Gasteiger partial charge in [-0.3, -0.25) is 10.2 Å². The Balaban J connectivity index is 1.77. The highest BCUT2D eigenvalue weighted by Crippen LogP contribution is 2.22. The monoisotopic (exact) mass is 282 g/mol. The van der Waals surface area contributed by atoms with Crippen LogP contribution in [0.2, 0.25) is 0 Å². The van der Waals surface area contributed by atoms with E-state index in [1.165, 1.54) is 6.26 Å². The summed E-state index contributed by atoms with van der Waals surface area (Å²) in [6.07, 6.45) is 1.43. The lowest BCUT2D eigenvalue weighted by Crippen LogP contribution is -2.30. The van der Waals surface area contributed by atoms with Gasteiger partial charge in [-0.2, -0.15) is 0 Å². The second kappa shape index (κ2) is 5.68. The van der Waals surface area contributed by atoms with Crippen LogP contribution in [-0.4, -0.2) is 5.91 Å². The van der Waals surface area contributed by atoms with Crippen LogP contribution in [0.1, 0.15) is 16.1 Å². The summed E-state index contributed by atoms with van der Waals surface area (Å²) in [6, 6.07) is 15.6. The Labute approximate surface area is 121 Å². The molecule has 2 aromatic carbocycles. The van der Waals surface area contributed by atoms with Crippen molar-refractivity contribution < 1.29 is 13.9 Å². The minimum absolute atomic E-state index is 0.165. The van der Waals surface area contributed by atoms with Gasteiger partial charge in [0.25, 0.3) is 0 Å². The predicted molar refractivity (Wildman–Crippen MR) is 78.6 cm³/mol. The van der Waals surface area contributed by atoms with Gasteiger partial charge in [0.2, 0.25) is 0 Å². The first-order valence-electron chi connectivity index (χ1n) is 6.47. The van der Waals surface area contributed by atoms with Crippen molar-refractivity contribution in [2.75, 3.05) is 0 Å². The summed E-state index contributed by atoms with van der Waals surface area (Å²) in [4.78, 5) is 11.5. The second-order valence-electron chi connectivity index (χ2n) is 4.55. The van der Waals surface area contributed by atoms with Crippen molar-refractivity contribution in [1.82, 2.24) is 5.43 Å². The lowest BCUT2D eigenvalue weighted by molar-refractivity contribution is 0.0922. The van der Waals surface area contributed by atoms with E-state index in [1.807, 2.05) is 47.9 Å². The molecule has 0 atom stereocenters. The molecule has 0 fully saturated rings. The quantitative estimate of drug-likeness (QED) is 0.438. The van der Waals surface area contributed by atoms with Crippen LogP contribution in [0.15, 0.2) is 59.2 Å². The molecule has 21 heavy (non-hydrogen) atoms. The lowest BCUT2D eigenvalue weighted by Gasteiger charge is -2.07. The standard InChI is InChI=1S/C16H14N2O3/c17-18-16(19)15-13(7-8-20-15)10-21-14-6-5-11-3-1-2-4-12(11)9-14/h1-9H,10,17H2,(H,18,19). The summed E-state index contributed by atoms with van der Waals surface area (Å²) >= 11 is 0. The fourth-order valence-corrected chi connectivity index (χ4v) is 2.13. The smallest absolute Gasteiger partial charge is 0.301 e. The maximum absolute atomic E-state index is 11.5. The highest BCUT2D eigenvalue weighted by molar-refractivity contribution is 5.92. The van der Waals surface area contributed by atoms with Crippen molar-refractivity contribution in [2.45, 2.75) is 6.61 Å². The van der Waals surface area contributed by atoms with E-state index >= 15 is 0 Å². The van der Waals surface area contributed by atoms with Gasteiger partial charge in [-0.15, -0.1) is 0 Å². The summed E-state index contributed by atoms with van der Waals surface area (Å²) in [5.41, 5.74) is 2.69. The van der Waals surface area contributed by atoms with Gasteiger partial charge in [-0.1, -0.05) is 30.3 Å². The Hall–Kier alpha value is -2.79. The molecule has 1 amide bonds.